The average molecular weight is 400 g/mol. The quantitative estimate of drug-likeness (QED) is 0.621. The molecule has 0 spiro atoms. The fourth-order valence-electron chi connectivity index (χ4n) is 3.15. The number of nitrogens with two attached hydrogens (primary N) is 1. The lowest BCUT2D eigenvalue weighted by Crippen LogP contribution is -2.76. The van der Waals surface area contributed by atoms with E-state index in [0.717, 1.165) is 5.75 Å². The third-order valence-electron chi connectivity index (χ3n) is 5.09. The van der Waals surface area contributed by atoms with E-state index < -0.39 is 11.0 Å². The molecule has 2 amide bonds. The van der Waals surface area contributed by atoms with Crippen LogP contribution in [0.4, 0.5) is 5.69 Å². The first-order valence-electron chi connectivity index (χ1n) is 8.96. The SMILES string of the molecule is CCOc1ccc(NC(=O)CNC(=O)C2(N)CC(OCC)C2(C)C)cc1.Cl. The van der Waals surface area contributed by atoms with E-state index >= 15 is 0 Å². The first kappa shape index (κ1) is 23.2. The van der Waals surface area contributed by atoms with Crippen LogP contribution in [0.2, 0.25) is 0 Å². The normalized spacial score (nSPS) is 22.8. The van der Waals surface area contributed by atoms with Crippen molar-refractivity contribution in [1.29, 1.82) is 0 Å². The molecule has 0 aromatic heterocycles. The highest BCUT2D eigenvalue weighted by atomic mass is 35.5. The van der Waals surface area contributed by atoms with E-state index in [-0.39, 0.29) is 36.9 Å². The van der Waals surface area contributed by atoms with Crippen LogP contribution in [0.5, 0.6) is 5.75 Å². The van der Waals surface area contributed by atoms with Crippen LogP contribution in [0, 0.1) is 5.41 Å². The lowest BCUT2D eigenvalue weighted by Gasteiger charge is -2.57. The fourth-order valence-corrected chi connectivity index (χ4v) is 3.15. The molecule has 7 nitrogen and oxygen atoms in total. The Hall–Kier alpha value is -1.83. The molecular weight excluding hydrogens is 370 g/mol. The number of rotatable bonds is 8. The number of hydrogen-bond donors (Lipinski definition) is 3. The Kier molecular flexibility index (Phi) is 8.07. The van der Waals surface area contributed by atoms with E-state index in [0.29, 0.717) is 25.3 Å². The summed E-state index contributed by atoms with van der Waals surface area (Å²) >= 11 is 0. The number of nitrogens with one attached hydrogen (secondary N) is 2. The second-order valence-electron chi connectivity index (χ2n) is 7.03. The van der Waals surface area contributed by atoms with Crippen molar-refractivity contribution in [3.05, 3.63) is 24.3 Å². The number of halogens is 1. The Morgan fingerprint density at radius 2 is 1.81 bits per heavy atom. The molecule has 1 aromatic carbocycles. The molecule has 152 valence electrons. The third kappa shape index (κ3) is 4.91. The average Bonchev–Trinajstić information content (AvgIpc) is 2.61. The zero-order chi connectivity index (χ0) is 19.4. The van der Waals surface area contributed by atoms with Crippen molar-refractivity contribution in [2.24, 2.45) is 11.1 Å². The van der Waals surface area contributed by atoms with E-state index in [1.165, 1.54) is 0 Å². The summed E-state index contributed by atoms with van der Waals surface area (Å²) in [6.07, 6.45) is 0.390. The van der Waals surface area contributed by atoms with E-state index in [9.17, 15) is 9.59 Å². The molecule has 1 fully saturated rings. The Morgan fingerprint density at radius 3 is 2.33 bits per heavy atom. The number of anilines is 1. The maximum atomic E-state index is 12.5. The molecule has 1 aliphatic carbocycles. The van der Waals surface area contributed by atoms with E-state index in [1.807, 2.05) is 27.7 Å². The highest BCUT2D eigenvalue weighted by Gasteiger charge is 2.62. The van der Waals surface area contributed by atoms with Crippen molar-refractivity contribution in [3.8, 4) is 5.75 Å². The summed E-state index contributed by atoms with van der Waals surface area (Å²) in [7, 11) is 0. The van der Waals surface area contributed by atoms with Crippen molar-refractivity contribution in [3.63, 3.8) is 0 Å². The highest BCUT2D eigenvalue weighted by Crippen LogP contribution is 2.49. The summed E-state index contributed by atoms with van der Waals surface area (Å²) in [5.74, 6) is 0.0878. The van der Waals surface area contributed by atoms with Crippen LogP contribution in [0.15, 0.2) is 24.3 Å². The van der Waals surface area contributed by atoms with Crippen molar-refractivity contribution in [1.82, 2.24) is 5.32 Å². The smallest absolute Gasteiger partial charge is 0.243 e. The monoisotopic (exact) mass is 399 g/mol. The zero-order valence-corrected chi connectivity index (χ0v) is 17.2. The molecule has 4 N–H and O–H groups in total. The molecule has 0 heterocycles. The molecule has 27 heavy (non-hydrogen) atoms. The summed E-state index contributed by atoms with van der Waals surface area (Å²) in [5, 5.41) is 5.37. The fraction of sp³-hybridized carbons (Fsp3) is 0.579. The first-order chi connectivity index (χ1) is 12.2. The summed E-state index contributed by atoms with van der Waals surface area (Å²) in [6, 6.07) is 7.04. The van der Waals surface area contributed by atoms with Crippen LogP contribution in [-0.2, 0) is 14.3 Å². The van der Waals surface area contributed by atoms with E-state index in [1.54, 1.807) is 24.3 Å². The predicted molar refractivity (Wildman–Crippen MR) is 107 cm³/mol. The van der Waals surface area contributed by atoms with Gasteiger partial charge >= 0.3 is 0 Å². The van der Waals surface area contributed by atoms with Gasteiger partial charge in [0.2, 0.25) is 11.8 Å². The topological polar surface area (TPSA) is 103 Å². The van der Waals surface area contributed by atoms with Crippen LogP contribution in [0.25, 0.3) is 0 Å². The molecular formula is C19H30ClN3O4. The van der Waals surface area contributed by atoms with Crippen molar-refractivity contribution < 1.29 is 19.1 Å². The van der Waals surface area contributed by atoms with Gasteiger partial charge in [0.25, 0.3) is 0 Å². The molecule has 2 atom stereocenters. The summed E-state index contributed by atoms with van der Waals surface area (Å²) in [6.45, 7) is 8.67. The summed E-state index contributed by atoms with van der Waals surface area (Å²) < 4.78 is 11.0. The second-order valence-corrected chi connectivity index (χ2v) is 7.03. The van der Waals surface area contributed by atoms with Gasteiger partial charge in [0.15, 0.2) is 0 Å². The van der Waals surface area contributed by atoms with Crippen LogP contribution < -0.4 is 21.1 Å². The second kappa shape index (κ2) is 9.39. The van der Waals surface area contributed by atoms with Crippen LogP contribution in [0.1, 0.15) is 34.1 Å². The molecule has 1 aliphatic rings. The van der Waals surface area contributed by atoms with Crippen molar-refractivity contribution in [2.45, 2.75) is 45.8 Å². The lowest BCUT2D eigenvalue weighted by atomic mass is 9.54. The summed E-state index contributed by atoms with van der Waals surface area (Å²) in [5.41, 5.74) is 5.40. The van der Waals surface area contributed by atoms with Gasteiger partial charge in [-0.3, -0.25) is 9.59 Å². The van der Waals surface area contributed by atoms with Crippen LogP contribution in [0.3, 0.4) is 0 Å². The molecule has 0 bridgehead atoms. The Balaban J connectivity index is 0.00000364. The summed E-state index contributed by atoms with van der Waals surface area (Å²) in [4.78, 5) is 24.6. The standard InChI is InChI=1S/C19H29N3O4.ClH/c1-5-25-14-9-7-13(8-10-14)22-16(23)12-21-17(24)19(20)11-15(26-6-2)18(19,3)4;/h7-10,15H,5-6,11-12,20H2,1-4H3,(H,21,24)(H,22,23);1H. The lowest BCUT2D eigenvalue weighted by molar-refractivity contribution is -0.170. The van der Waals surface area contributed by atoms with Crippen LogP contribution in [-0.4, -0.2) is 43.2 Å². The van der Waals surface area contributed by atoms with Gasteiger partial charge in [0.05, 0.1) is 19.3 Å². The Labute approximate surface area is 166 Å². The Morgan fingerprint density at radius 1 is 1.19 bits per heavy atom. The Bertz CT molecular complexity index is 651. The minimum Gasteiger partial charge on any atom is -0.494 e. The van der Waals surface area contributed by atoms with Crippen molar-refractivity contribution in [2.75, 3.05) is 25.1 Å². The van der Waals surface area contributed by atoms with Gasteiger partial charge < -0.3 is 25.8 Å². The maximum Gasteiger partial charge on any atom is 0.243 e. The molecule has 2 rings (SSSR count). The van der Waals surface area contributed by atoms with Crippen LogP contribution >= 0.6 is 12.4 Å². The van der Waals surface area contributed by atoms with Crippen molar-refractivity contribution >= 4 is 29.9 Å². The van der Waals surface area contributed by atoms with Gasteiger partial charge in [0.1, 0.15) is 11.3 Å². The van der Waals surface area contributed by atoms with Gasteiger partial charge in [-0.25, -0.2) is 0 Å². The number of benzene rings is 1. The maximum absolute atomic E-state index is 12.5. The van der Waals surface area contributed by atoms with Gasteiger partial charge in [-0.2, -0.15) is 0 Å². The highest BCUT2D eigenvalue weighted by molar-refractivity contribution is 5.96. The van der Waals surface area contributed by atoms with E-state index in [2.05, 4.69) is 10.6 Å². The largest absolute Gasteiger partial charge is 0.494 e. The molecule has 0 saturated heterocycles. The molecule has 1 saturated carbocycles. The molecule has 0 aliphatic heterocycles. The van der Waals surface area contributed by atoms with Gasteiger partial charge in [0, 0.05) is 24.1 Å². The number of carbonyl (C=O) groups excluding carboxylic acids is 2. The molecule has 2 unspecified atom stereocenters. The first-order valence-corrected chi connectivity index (χ1v) is 8.96. The van der Waals surface area contributed by atoms with Gasteiger partial charge in [-0.1, -0.05) is 13.8 Å². The van der Waals surface area contributed by atoms with Gasteiger partial charge in [-0.15, -0.1) is 12.4 Å². The van der Waals surface area contributed by atoms with E-state index in [4.69, 9.17) is 15.2 Å². The minimum atomic E-state index is -1.04. The zero-order valence-electron chi connectivity index (χ0n) is 16.3. The van der Waals surface area contributed by atoms with Gasteiger partial charge in [-0.05, 0) is 38.1 Å². The number of amides is 2. The molecule has 1 aromatic rings. The number of hydrogen-bond acceptors (Lipinski definition) is 5. The molecule has 8 heteroatoms. The predicted octanol–water partition coefficient (Wildman–Crippen LogP) is 2.09. The minimum absolute atomic E-state index is 0. The third-order valence-corrected chi connectivity index (χ3v) is 5.09. The molecule has 0 radical (unpaired) electrons. The number of ether oxygens (including phenoxy) is 2. The number of carbonyl (C=O) groups is 2.